The zero-order valence-corrected chi connectivity index (χ0v) is 15.1. The first-order valence-corrected chi connectivity index (χ1v) is 8.50. The smallest absolute Gasteiger partial charge is 0.278 e. The van der Waals surface area contributed by atoms with Crippen LogP contribution in [0.1, 0.15) is 34.8 Å². The fourth-order valence-electron chi connectivity index (χ4n) is 3.53. The van der Waals surface area contributed by atoms with Gasteiger partial charge >= 0.3 is 0 Å². The molecule has 1 aromatic heterocycles. The molecule has 2 heterocycles. The van der Waals surface area contributed by atoms with Crippen molar-refractivity contribution in [1.82, 2.24) is 14.7 Å². The van der Waals surface area contributed by atoms with Gasteiger partial charge in [0.25, 0.3) is 5.91 Å². The van der Waals surface area contributed by atoms with Gasteiger partial charge in [0.1, 0.15) is 0 Å². The lowest BCUT2D eigenvalue weighted by Crippen LogP contribution is -2.29. The van der Waals surface area contributed by atoms with Crippen molar-refractivity contribution in [3.63, 3.8) is 0 Å². The van der Waals surface area contributed by atoms with E-state index in [1.54, 1.807) is 4.68 Å². The van der Waals surface area contributed by atoms with E-state index in [-0.39, 0.29) is 18.3 Å². The molecular weight excluding hydrogens is 334 g/mol. The molecule has 0 N–H and O–H groups in total. The maximum absolute atomic E-state index is 12.9. The molecule has 0 radical (unpaired) electrons. The van der Waals surface area contributed by atoms with Gasteiger partial charge in [-0.05, 0) is 51.2 Å². The van der Waals surface area contributed by atoms with Crippen LogP contribution in [0.4, 0.5) is 0 Å². The molecule has 1 aliphatic heterocycles. The first kappa shape index (κ1) is 17.6. The third-order valence-corrected chi connectivity index (χ3v) is 4.93. The maximum Gasteiger partial charge on any atom is 0.278 e. The van der Waals surface area contributed by atoms with E-state index in [0.717, 1.165) is 42.5 Å². The lowest BCUT2D eigenvalue weighted by molar-refractivity contribution is 0.0949. The molecule has 1 fully saturated rings. The number of likely N-dealkylation sites (tertiary alicyclic amines) is 1. The molecule has 0 unspecified atom stereocenters. The van der Waals surface area contributed by atoms with Crippen LogP contribution in [0, 0.1) is 0 Å². The average Bonchev–Trinajstić information content (AvgIpc) is 3.02. The van der Waals surface area contributed by atoms with Crippen LogP contribution in [0.15, 0.2) is 54.6 Å². The summed E-state index contributed by atoms with van der Waals surface area (Å²) in [6, 6.07) is 17.4. The molecule has 130 valence electrons. The minimum Gasteiger partial charge on any atom is -0.306 e. The predicted octanol–water partition coefficient (Wildman–Crippen LogP) is 3.96. The number of aromatic nitrogens is 2. The van der Waals surface area contributed by atoms with Crippen LogP contribution in [0.3, 0.4) is 0 Å². The standard InChI is InChI=1S/C20H21N3O.ClH/c1-22-13-11-15(12-14-22)19-17-9-5-6-10-18(17)23(21-19)20(24)16-7-3-2-4-8-16;/h2-10,15H,11-14H2,1H3;1H. The normalized spacial score (nSPS) is 15.9. The van der Waals surface area contributed by atoms with Crippen molar-refractivity contribution in [2.75, 3.05) is 20.1 Å². The largest absolute Gasteiger partial charge is 0.306 e. The Hall–Kier alpha value is -2.17. The zero-order valence-electron chi connectivity index (χ0n) is 14.3. The van der Waals surface area contributed by atoms with Gasteiger partial charge in [-0.25, -0.2) is 0 Å². The minimum atomic E-state index is -0.0639. The number of benzene rings is 2. The molecule has 2 aromatic carbocycles. The molecule has 0 atom stereocenters. The highest BCUT2D eigenvalue weighted by Crippen LogP contribution is 2.32. The van der Waals surface area contributed by atoms with Gasteiger partial charge in [-0.2, -0.15) is 9.78 Å². The molecule has 4 rings (SSSR count). The van der Waals surface area contributed by atoms with Crippen LogP contribution in [0.25, 0.3) is 10.9 Å². The number of hydrogen-bond donors (Lipinski definition) is 0. The van der Waals surface area contributed by atoms with Gasteiger partial charge in [0, 0.05) is 16.9 Å². The SMILES string of the molecule is CN1CCC(c2nn(C(=O)c3ccccc3)c3ccccc23)CC1.Cl. The number of rotatable bonds is 2. The Morgan fingerprint density at radius 3 is 2.36 bits per heavy atom. The molecule has 0 aliphatic carbocycles. The molecule has 25 heavy (non-hydrogen) atoms. The number of carbonyl (C=O) groups is 1. The number of nitrogens with zero attached hydrogens (tertiary/aromatic N) is 3. The van der Waals surface area contributed by atoms with Crippen LogP contribution >= 0.6 is 12.4 Å². The Bertz CT molecular complexity index is 867. The van der Waals surface area contributed by atoms with Crippen molar-refractivity contribution in [1.29, 1.82) is 0 Å². The average molecular weight is 356 g/mol. The molecule has 4 nitrogen and oxygen atoms in total. The first-order valence-electron chi connectivity index (χ1n) is 8.50. The van der Waals surface area contributed by atoms with Crippen LogP contribution in [-0.2, 0) is 0 Å². The van der Waals surface area contributed by atoms with Crippen molar-refractivity contribution < 1.29 is 4.79 Å². The van der Waals surface area contributed by atoms with E-state index in [1.807, 2.05) is 48.5 Å². The van der Waals surface area contributed by atoms with Gasteiger partial charge in [0.05, 0.1) is 11.2 Å². The first-order chi connectivity index (χ1) is 11.7. The molecule has 3 aromatic rings. The summed E-state index contributed by atoms with van der Waals surface area (Å²) in [4.78, 5) is 15.3. The van der Waals surface area contributed by atoms with Crippen molar-refractivity contribution >= 4 is 29.2 Å². The minimum absolute atomic E-state index is 0. The summed E-state index contributed by atoms with van der Waals surface area (Å²) in [5.74, 6) is 0.363. The number of carbonyl (C=O) groups excluding carboxylic acids is 1. The molecule has 0 spiro atoms. The van der Waals surface area contributed by atoms with Crippen molar-refractivity contribution in [3.8, 4) is 0 Å². The molecule has 0 bridgehead atoms. The lowest BCUT2D eigenvalue weighted by atomic mass is 9.92. The highest BCUT2D eigenvalue weighted by Gasteiger charge is 2.25. The van der Waals surface area contributed by atoms with Crippen LogP contribution in [-0.4, -0.2) is 40.7 Å². The Morgan fingerprint density at radius 2 is 1.64 bits per heavy atom. The fraction of sp³-hybridized carbons (Fsp3) is 0.300. The van der Waals surface area contributed by atoms with E-state index in [4.69, 9.17) is 5.10 Å². The second-order valence-electron chi connectivity index (χ2n) is 6.56. The topological polar surface area (TPSA) is 38.1 Å². The number of para-hydroxylation sites is 1. The van der Waals surface area contributed by atoms with E-state index in [1.165, 1.54) is 0 Å². The second-order valence-corrected chi connectivity index (χ2v) is 6.56. The van der Waals surface area contributed by atoms with Crippen LogP contribution < -0.4 is 0 Å². The number of hydrogen-bond acceptors (Lipinski definition) is 3. The summed E-state index contributed by atoms with van der Waals surface area (Å²) in [6.07, 6.45) is 2.19. The van der Waals surface area contributed by atoms with E-state index in [9.17, 15) is 4.79 Å². The van der Waals surface area contributed by atoms with Gasteiger partial charge in [-0.15, -0.1) is 12.4 Å². The van der Waals surface area contributed by atoms with Gasteiger partial charge in [-0.1, -0.05) is 36.4 Å². The van der Waals surface area contributed by atoms with E-state index >= 15 is 0 Å². The Balaban J connectivity index is 0.00000182. The highest BCUT2D eigenvalue weighted by atomic mass is 35.5. The van der Waals surface area contributed by atoms with Crippen molar-refractivity contribution in [2.45, 2.75) is 18.8 Å². The molecule has 0 amide bonds. The van der Waals surface area contributed by atoms with Crippen LogP contribution in [0.2, 0.25) is 0 Å². The van der Waals surface area contributed by atoms with Gasteiger partial charge < -0.3 is 4.90 Å². The quantitative estimate of drug-likeness (QED) is 0.698. The highest BCUT2D eigenvalue weighted by molar-refractivity contribution is 6.01. The Labute approximate surface area is 153 Å². The van der Waals surface area contributed by atoms with Gasteiger partial charge in [0.15, 0.2) is 0 Å². The van der Waals surface area contributed by atoms with Crippen LogP contribution in [0.5, 0.6) is 0 Å². The molecule has 1 aliphatic rings. The third kappa shape index (κ3) is 3.32. The summed E-state index contributed by atoms with van der Waals surface area (Å²) >= 11 is 0. The van der Waals surface area contributed by atoms with E-state index in [2.05, 4.69) is 18.0 Å². The summed E-state index contributed by atoms with van der Waals surface area (Å²) in [6.45, 7) is 2.16. The van der Waals surface area contributed by atoms with E-state index < -0.39 is 0 Å². The molecule has 5 heteroatoms. The molecular formula is C20H22ClN3O. The maximum atomic E-state index is 12.9. The van der Waals surface area contributed by atoms with Crippen molar-refractivity contribution in [3.05, 3.63) is 65.9 Å². The lowest BCUT2D eigenvalue weighted by Gasteiger charge is -2.28. The number of halogens is 1. The van der Waals surface area contributed by atoms with Gasteiger partial charge in [0.2, 0.25) is 0 Å². The van der Waals surface area contributed by atoms with E-state index in [0.29, 0.717) is 11.5 Å². The second kappa shape index (κ2) is 7.38. The molecule has 0 saturated carbocycles. The Kier molecular flexibility index (Phi) is 5.21. The molecule has 1 saturated heterocycles. The summed E-state index contributed by atoms with van der Waals surface area (Å²) in [5.41, 5.74) is 2.64. The number of fused-ring (bicyclic) bond motifs is 1. The third-order valence-electron chi connectivity index (χ3n) is 4.93. The number of piperidine rings is 1. The summed E-state index contributed by atoms with van der Waals surface area (Å²) in [7, 11) is 2.16. The zero-order chi connectivity index (χ0) is 16.5. The fourth-order valence-corrected chi connectivity index (χ4v) is 3.53. The van der Waals surface area contributed by atoms with Gasteiger partial charge in [-0.3, -0.25) is 4.79 Å². The predicted molar refractivity (Wildman–Crippen MR) is 103 cm³/mol. The Morgan fingerprint density at radius 1 is 1.00 bits per heavy atom. The summed E-state index contributed by atoms with van der Waals surface area (Å²) in [5, 5.41) is 5.87. The monoisotopic (exact) mass is 355 g/mol. The summed E-state index contributed by atoms with van der Waals surface area (Å²) < 4.78 is 1.58. The van der Waals surface area contributed by atoms with Crippen molar-refractivity contribution in [2.24, 2.45) is 0 Å².